The number of para-hydroxylation sites is 2. The van der Waals surface area contributed by atoms with E-state index in [4.69, 9.17) is 5.73 Å². The molecule has 1 saturated heterocycles. The minimum absolute atomic E-state index is 0.0291. The van der Waals surface area contributed by atoms with E-state index in [1.54, 1.807) is 6.07 Å². The third-order valence-electron chi connectivity index (χ3n) is 3.39. The maximum atomic E-state index is 12.0. The number of nitrogen functional groups attached to an aromatic ring is 1. The molecule has 110 valence electrons. The van der Waals surface area contributed by atoms with Gasteiger partial charge in [-0.05, 0) is 12.1 Å². The zero-order valence-corrected chi connectivity index (χ0v) is 13.0. The maximum absolute atomic E-state index is 12.0. The predicted octanol–water partition coefficient (Wildman–Crippen LogP) is 2.42. The molecule has 3 N–H and O–H groups in total. The molecule has 1 aromatic rings. The summed E-state index contributed by atoms with van der Waals surface area (Å²) in [6, 6.07) is 7.35. The van der Waals surface area contributed by atoms with Crippen molar-refractivity contribution in [1.29, 1.82) is 0 Å². The van der Waals surface area contributed by atoms with Crippen LogP contribution >= 0.6 is 11.8 Å². The SMILES string of the molecule is CC1CN(CCC(=O)Nc2ccccc2N)CC(C)S1. The second kappa shape index (κ2) is 6.99. The fourth-order valence-corrected chi connectivity index (χ4v) is 3.94. The van der Waals surface area contributed by atoms with Crippen molar-refractivity contribution >= 4 is 29.0 Å². The molecule has 1 aliphatic heterocycles. The first-order chi connectivity index (χ1) is 9.54. The number of anilines is 2. The molecule has 5 heteroatoms. The maximum Gasteiger partial charge on any atom is 0.225 e. The number of amides is 1. The zero-order chi connectivity index (χ0) is 14.5. The summed E-state index contributed by atoms with van der Waals surface area (Å²) in [5.74, 6) is 0.0291. The third-order valence-corrected chi connectivity index (χ3v) is 4.61. The molecule has 0 aromatic heterocycles. The number of nitrogens with one attached hydrogen (secondary N) is 1. The number of hydrogen-bond donors (Lipinski definition) is 2. The molecular formula is C15H23N3OS. The summed E-state index contributed by atoms with van der Waals surface area (Å²) in [5, 5.41) is 4.17. The molecule has 0 saturated carbocycles. The van der Waals surface area contributed by atoms with E-state index in [1.807, 2.05) is 30.0 Å². The van der Waals surface area contributed by atoms with Crippen LogP contribution in [0.15, 0.2) is 24.3 Å². The number of benzene rings is 1. The minimum atomic E-state index is 0.0291. The fourth-order valence-electron chi connectivity index (χ4n) is 2.55. The van der Waals surface area contributed by atoms with Gasteiger partial charge in [-0.15, -0.1) is 0 Å². The highest BCUT2D eigenvalue weighted by Crippen LogP contribution is 2.24. The first-order valence-corrected chi connectivity index (χ1v) is 8.01. The summed E-state index contributed by atoms with van der Waals surface area (Å²) in [6.45, 7) is 7.44. The Labute approximate surface area is 125 Å². The number of rotatable bonds is 4. The predicted molar refractivity (Wildman–Crippen MR) is 87.1 cm³/mol. The summed E-state index contributed by atoms with van der Waals surface area (Å²) in [4.78, 5) is 14.3. The van der Waals surface area contributed by atoms with Gasteiger partial charge in [0.1, 0.15) is 0 Å². The molecular weight excluding hydrogens is 270 g/mol. The molecule has 0 bridgehead atoms. The van der Waals surface area contributed by atoms with E-state index in [9.17, 15) is 4.79 Å². The molecule has 4 nitrogen and oxygen atoms in total. The molecule has 20 heavy (non-hydrogen) atoms. The number of carbonyl (C=O) groups excluding carboxylic acids is 1. The molecule has 0 radical (unpaired) electrons. The van der Waals surface area contributed by atoms with Gasteiger partial charge in [0.05, 0.1) is 11.4 Å². The van der Waals surface area contributed by atoms with Crippen molar-refractivity contribution < 1.29 is 4.79 Å². The van der Waals surface area contributed by atoms with Crippen LogP contribution in [0.1, 0.15) is 20.3 Å². The van der Waals surface area contributed by atoms with Crippen LogP contribution in [0.4, 0.5) is 11.4 Å². The number of nitrogens with zero attached hydrogens (tertiary/aromatic N) is 1. The van der Waals surface area contributed by atoms with Gasteiger partial charge < -0.3 is 16.0 Å². The molecule has 2 unspecified atom stereocenters. The van der Waals surface area contributed by atoms with Crippen molar-refractivity contribution in [3.8, 4) is 0 Å². The second-order valence-electron chi connectivity index (χ2n) is 5.40. The molecule has 1 fully saturated rings. The van der Waals surface area contributed by atoms with Crippen molar-refractivity contribution in [2.75, 3.05) is 30.7 Å². The molecule has 1 aromatic carbocycles. The van der Waals surface area contributed by atoms with Gasteiger partial charge in [-0.3, -0.25) is 4.79 Å². The lowest BCUT2D eigenvalue weighted by atomic mass is 10.2. The largest absolute Gasteiger partial charge is 0.397 e. The van der Waals surface area contributed by atoms with Crippen LogP contribution in [-0.4, -0.2) is 40.9 Å². The first kappa shape index (κ1) is 15.2. The zero-order valence-electron chi connectivity index (χ0n) is 12.1. The monoisotopic (exact) mass is 293 g/mol. The van der Waals surface area contributed by atoms with Crippen molar-refractivity contribution in [2.45, 2.75) is 30.8 Å². The van der Waals surface area contributed by atoms with E-state index in [2.05, 4.69) is 24.1 Å². The molecule has 1 aliphatic rings. The Balaban J connectivity index is 1.79. The lowest BCUT2D eigenvalue weighted by molar-refractivity contribution is -0.116. The van der Waals surface area contributed by atoms with Crippen LogP contribution < -0.4 is 11.1 Å². The van der Waals surface area contributed by atoms with Crippen LogP contribution in [0.3, 0.4) is 0 Å². The normalized spacial score (nSPS) is 23.5. The number of hydrogen-bond acceptors (Lipinski definition) is 4. The summed E-state index contributed by atoms with van der Waals surface area (Å²) in [5.41, 5.74) is 7.13. The highest BCUT2D eigenvalue weighted by Gasteiger charge is 2.22. The van der Waals surface area contributed by atoms with E-state index in [1.165, 1.54) is 0 Å². The molecule has 0 aliphatic carbocycles. The molecule has 1 heterocycles. The number of thioether (sulfide) groups is 1. The van der Waals surface area contributed by atoms with Gasteiger partial charge in [0.2, 0.25) is 5.91 Å². The topological polar surface area (TPSA) is 58.4 Å². The van der Waals surface area contributed by atoms with E-state index in [0.29, 0.717) is 28.3 Å². The van der Waals surface area contributed by atoms with E-state index in [-0.39, 0.29) is 5.91 Å². The van der Waals surface area contributed by atoms with Crippen molar-refractivity contribution in [3.05, 3.63) is 24.3 Å². The van der Waals surface area contributed by atoms with E-state index < -0.39 is 0 Å². The van der Waals surface area contributed by atoms with Gasteiger partial charge in [-0.25, -0.2) is 0 Å². The molecule has 2 atom stereocenters. The van der Waals surface area contributed by atoms with Crippen LogP contribution in [0.2, 0.25) is 0 Å². The quantitative estimate of drug-likeness (QED) is 0.837. The van der Waals surface area contributed by atoms with Gasteiger partial charge >= 0.3 is 0 Å². The summed E-state index contributed by atoms with van der Waals surface area (Å²) in [7, 11) is 0. The summed E-state index contributed by atoms with van der Waals surface area (Å²) < 4.78 is 0. The third kappa shape index (κ3) is 4.42. The molecule has 2 rings (SSSR count). The average molecular weight is 293 g/mol. The van der Waals surface area contributed by atoms with Gasteiger partial charge in [0, 0.05) is 36.6 Å². The van der Waals surface area contributed by atoms with Crippen molar-refractivity contribution in [3.63, 3.8) is 0 Å². The Morgan fingerprint density at radius 3 is 2.65 bits per heavy atom. The number of carbonyl (C=O) groups is 1. The minimum Gasteiger partial charge on any atom is -0.397 e. The van der Waals surface area contributed by atoms with Crippen LogP contribution in [0.5, 0.6) is 0 Å². The Morgan fingerprint density at radius 1 is 1.35 bits per heavy atom. The van der Waals surface area contributed by atoms with Gasteiger partial charge in [-0.1, -0.05) is 26.0 Å². The van der Waals surface area contributed by atoms with Gasteiger partial charge in [-0.2, -0.15) is 11.8 Å². The average Bonchev–Trinajstić information content (AvgIpc) is 2.38. The van der Waals surface area contributed by atoms with E-state index >= 15 is 0 Å². The Kier molecular flexibility index (Phi) is 5.31. The molecule has 1 amide bonds. The first-order valence-electron chi connectivity index (χ1n) is 7.06. The van der Waals surface area contributed by atoms with Crippen LogP contribution in [0.25, 0.3) is 0 Å². The lowest BCUT2D eigenvalue weighted by Crippen LogP contribution is -2.41. The van der Waals surface area contributed by atoms with Gasteiger partial charge in [0.15, 0.2) is 0 Å². The van der Waals surface area contributed by atoms with Crippen molar-refractivity contribution in [1.82, 2.24) is 4.90 Å². The van der Waals surface area contributed by atoms with Crippen LogP contribution in [-0.2, 0) is 4.79 Å². The highest BCUT2D eigenvalue weighted by atomic mass is 32.2. The Morgan fingerprint density at radius 2 is 2.00 bits per heavy atom. The Bertz CT molecular complexity index is 456. The van der Waals surface area contributed by atoms with Gasteiger partial charge in [0.25, 0.3) is 0 Å². The van der Waals surface area contributed by atoms with Crippen molar-refractivity contribution in [2.24, 2.45) is 0 Å². The summed E-state index contributed by atoms with van der Waals surface area (Å²) in [6.07, 6.45) is 0.512. The Hall–Kier alpha value is -1.20. The number of nitrogens with two attached hydrogens (primary N) is 1. The standard InChI is InChI=1S/C15H23N3OS/c1-11-9-18(10-12(2)20-11)8-7-15(19)17-14-6-4-3-5-13(14)16/h3-6,11-12H,7-10,16H2,1-2H3,(H,17,19). The van der Waals surface area contributed by atoms with E-state index in [0.717, 1.165) is 19.6 Å². The molecule has 0 spiro atoms. The second-order valence-corrected chi connectivity index (χ2v) is 7.28. The summed E-state index contributed by atoms with van der Waals surface area (Å²) >= 11 is 2.03. The lowest BCUT2D eigenvalue weighted by Gasteiger charge is -2.34. The van der Waals surface area contributed by atoms with Crippen LogP contribution in [0, 0.1) is 0 Å². The fraction of sp³-hybridized carbons (Fsp3) is 0.533. The smallest absolute Gasteiger partial charge is 0.225 e. The highest BCUT2D eigenvalue weighted by molar-refractivity contribution is 8.00.